The molecule has 1 N–H and O–H groups in total. The summed E-state index contributed by atoms with van der Waals surface area (Å²) in [5, 5.41) is 0. The number of aromatic nitrogens is 2. The second kappa shape index (κ2) is 7.17. The topological polar surface area (TPSA) is 84.5 Å². The van der Waals surface area contributed by atoms with Crippen molar-refractivity contribution >= 4 is 40.9 Å². The molecule has 2 amide bonds. The number of nitrogens with one attached hydrogen (secondary N) is 1. The third-order valence-electron chi connectivity index (χ3n) is 2.84. The SMILES string of the molecule is CCCSc1ccc2nc(N(C(=O)OC)C(=O)OC)[nH]c2c1. The van der Waals surface area contributed by atoms with Crippen LogP contribution in [0.2, 0.25) is 0 Å². The van der Waals surface area contributed by atoms with Gasteiger partial charge >= 0.3 is 12.2 Å². The number of fused-ring (bicyclic) bond motifs is 1. The van der Waals surface area contributed by atoms with Crippen molar-refractivity contribution in [3.05, 3.63) is 18.2 Å². The van der Waals surface area contributed by atoms with Gasteiger partial charge in [-0.2, -0.15) is 0 Å². The van der Waals surface area contributed by atoms with Crippen molar-refractivity contribution in [2.45, 2.75) is 18.2 Å². The molecule has 0 aliphatic heterocycles. The molecule has 1 aromatic carbocycles. The maximum atomic E-state index is 11.7. The van der Waals surface area contributed by atoms with Crippen molar-refractivity contribution in [2.75, 3.05) is 24.9 Å². The Morgan fingerprint density at radius 3 is 2.55 bits per heavy atom. The highest BCUT2D eigenvalue weighted by atomic mass is 32.2. The molecule has 0 radical (unpaired) electrons. The second-order valence-electron chi connectivity index (χ2n) is 4.36. The fourth-order valence-corrected chi connectivity index (χ4v) is 2.63. The number of amides is 2. The summed E-state index contributed by atoms with van der Waals surface area (Å²) in [6, 6.07) is 5.72. The van der Waals surface area contributed by atoms with Gasteiger partial charge in [0, 0.05) is 4.90 Å². The number of thioether (sulfide) groups is 1. The average Bonchev–Trinajstić information content (AvgIpc) is 2.94. The third kappa shape index (κ3) is 3.33. The van der Waals surface area contributed by atoms with Crippen molar-refractivity contribution in [3.63, 3.8) is 0 Å². The summed E-state index contributed by atoms with van der Waals surface area (Å²) >= 11 is 1.73. The van der Waals surface area contributed by atoms with Crippen LogP contribution in [-0.4, -0.2) is 42.1 Å². The number of hydrogen-bond acceptors (Lipinski definition) is 6. The molecule has 0 atom stereocenters. The molecule has 1 aromatic heterocycles. The molecule has 22 heavy (non-hydrogen) atoms. The van der Waals surface area contributed by atoms with Gasteiger partial charge in [0.15, 0.2) is 0 Å². The first-order valence-corrected chi connectivity index (χ1v) is 7.67. The second-order valence-corrected chi connectivity index (χ2v) is 5.53. The van der Waals surface area contributed by atoms with Gasteiger partial charge in [0.1, 0.15) is 0 Å². The lowest BCUT2D eigenvalue weighted by Gasteiger charge is -2.14. The molecule has 1 heterocycles. The van der Waals surface area contributed by atoms with Crippen LogP contribution >= 0.6 is 11.8 Å². The first-order chi connectivity index (χ1) is 10.6. The first-order valence-electron chi connectivity index (χ1n) is 6.69. The highest BCUT2D eigenvalue weighted by Crippen LogP contribution is 2.25. The van der Waals surface area contributed by atoms with Crippen molar-refractivity contribution in [1.29, 1.82) is 0 Å². The van der Waals surface area contributed by atoms with Crippen LogP contribution in [0.3, 0.4) is 0 Å². The van der Waals surface area contributed by atoms with Gasteiger partial charge in [-0.1, -0.05) is 6.92 Å². The molecular weight excluding hydrogens is 306 g/mol. The van der Waals surface area contributed by atoms with E-state index >= 15 is 0 Å². The summed E-state index contributed by atoms with van der Waals surface area (Å²) in [4.78, 5) is 32.4. The van der Waals surface area contributed by atoms with E-state index in [4.69, 9.17) is 0 Å². The molecule has 2 rings (SSSR count). The zero-order valence-corrected chi connectivity index (χ0v) is 13.4. The molecule has 0 aliphatic carbocycles. The lowest BCUT2D eigenvalue weighted by Crippen LogP contribution is -2.37. The van der Waals surface area contributed by atoms with E-state index in [0.717, 1.165) is 22.6 Å². The number of H-pyrrole nitrogens is 1. The van der Waals surface area contributed by atoms with Gasteiger partial charge in [-0.05, 0) is 30.4 Å². The number of carbonyl (C=O) groups excluding carboxylic acids is 2. The van der Waals surface area contributed by atoms with Crippen molar-refractivity contribution in [2.24, 2.45) is 0 Å². The maximum absolute atomic E-state index is 11.7. The van der Waals surface area contributed by atoms with Crippen molar-refractivity contribution < 1.29 is 19.1 Å². The van der Waals surface area contributed by atoms with E-state index in [9.17, 15) is 9.59 Å². The van der Waals surface area contributed by atoms with Crippen LogP contribution in [0.5, 0.6) is 0 Å². The number of imidazole rings is 1. The van der Waals surface area contributed by atoms with Crippen LogP contribution in [0.25, 0.3) is 11.0 Å². The van der Waals surface area contributed by atoms with Crippen LogP contribution in [0.4, 0.5) is 15.5 Å². The van der Waals surface area contributed by atoms with E-state index in [-0.39, 0.29) is 5.95 Å². The highest BCUT2D eigenvalue weighted by Gasteiger charge is 2.28. The number of hydrogen-bond donors (Lipinski definition) is 1. The van der Waals surface area contributed by atoms with Crippen LogP contribution < -0.4 is 4.90 Å². The fraction of sp³-hybridized carbons (Fsp3) is 0.357. The molecule has 0 saturated heterocycles. The van der Waals surface area contributed by atoms with Crippen molar-refractivity contribution in [3.8, 4) is 0 Å². The summed E-state index contributed by atoms with van der Waals surface area (Å²) < 4.78 is 9.17. The number of ether oxygens (including phenoxy) is 2. The van der Waals surface area contributed by atoms with Crippen molar-refractivity contribution in [1.82, 2.24) is 9.97 Å². The van der Waals surface area contributed by atoms with Gasteiger partial charge in [0.05, 0.1) is 25.3 Å². The predicted molar refractivity (Wildman–Crippen MR) is 84.4 cm³/mol. The number of aromatic amines is 1. The molecule has 8 heteroatoms. The van der Waals surface area contributed by atoms with Crippen LogP contribution in [0, 0.1) is 0 Å². The summed E-state index contributed by atoms with van der Waals surface area (Å²) in [7, 11) is 2.36. The number of benzene rings is 1. The largest absolute Gasteiger partial charge is 0.452 e. The molecule has 0 bridgehead atoms. The van der Waals surface area contributed by atoms with E-state index in [1.54, 1.807) is 11.8 Å². The first kappa shape index (κ1) is 16.2. The van der Waals surface area contributed by atoms with E-state index in [2.05, 4.69) is 26.4 Å². The molecule has 0 spiro atoms. The molecule has 118 valence electrons. The minimum Gasteiger partial charge on any atom is -0.452 e. The zero-order chi connectivity index (χ0) is 16.1. The molecule has 0 aliphatic rings. The van der Waals surface area contributed by atoms with E-state index < -0.39 is 12.2 Å². The quantitative estimate of drug-likeness (QED) is 0.868. The summed E-state index contributed by atoms with van der Waals surface area (Å²) in [5.74, 6) is 1.08. The minimum absolute atomic E-state index is 0.0614. The van der Waals surface area contributed by atoms with Gasteiger partial charge in [0.25, 0.3) is 0 Å². The van der Waals surface area contributed by atoms with Gasteiger partial charge in [-0.25, -0.2) is 14.6 Å². The molecule has 2 aromatic rings. The molecule has 0 saturated carbocycles. The number of carbonyl (C=O) groups is 2. The van der Waals surface area contributed by atoms with Crippen LogP contribution in [-0.2, 0) is 9.47 Å². The molecule has 0 unspecified atom stereocenters. The van der Waals surface area contributed by atoms with Crippen LogP contribution in [0.15, 0.2) is 23.1 Å². The Balaban J connectivity index is 2.37. The Kier molecular flexibility index (Phi) is 5.26. The van der Waals surface area contributed by atoms with E-state index in [1.807, 2.05) is 18.2 Å². The maximum Gasteiger partial charge on any atom is 0.426 e. The number of methoxy groups -OCH3 is 2. The summed E-state index contributed by atoms with van der Waals surface area (Å²) in [5.41, 5.74) is 1.38. The average molecular weight is 323 g/mol. The highest BCUT2D eigenvalue weighted by molar-refractivity contribution is 7.99. The number of rotatable bonds is 4. The Bertz CT molecular complexity index is 670. The Morgan fingerprint density at radius 2 is 1.95 bits per heavy atom. The van der Waals surface area contributed by atoms with Gasteiger partial charge in [0.2, 0.25) is 5.95 Å². The summed E-state index contributed by atoms with van der Waals surface area (Å²) in [6.07, 6.45) is -0.659. The van der Waals surface area contributed by atoms with E-state index in [1.165, 1.54) is 14.2 Å². The van der Waals surface area contributed by atoms with E-state index in [0.29, 0.717) is 10.4 Å². The van der Waals surface area contributed by atoms with Gasteiger partial charge in [-0.3, -0.25) is 0 Å². The monoisotopic (exact) mass is 323 g/mol. The summed E-state index contributed by atoms with van der Waals surface area (Å²) in [6.45, 7) is 2.12. The Labute approximate surface area is 132 Å². The lowest BCUT2D eigenvalue weighted by atomic mass is 10.3. The molecular formula is C14H17N3O4S. The fourth-order valence-electron chi connectivity index (χ4n) is 1.82. The lowest BCUT2D eigenvalue weighted by molar-refractivity contribution is 0.159. The number of anilines is 1. The van der Waals surface area contributed by atoms with Gasteiger partial charge < -0.3 is 14.5 Å². The standard InChI is InChI=1S/C14H17N3O4S/c1-4-7-22-9-5-6-10-11(8-9)16-12(15-10)17(13(18)20-2)14(19)21-3/h5-6,8H,4,7H2,1-3H3,(H,15,16). The number of imide groups is 1. The minimum atomic E-state index is -0.869. The van der Waals surface area contributed by atoms with Gasteiger partial charge in [-0.15, -0.1) is 16.7 Å². The Hall–Kier alpha value is -2.22. The zero-order valence-electron chi connectivity index (χ0n) is 12.6. The normalized spacial score (nSPS) is 10.5. The Morgan fingerprint density at radius 1 is 1.27 bits per heavy atom. The number of nitrogens with zero attached hydrogens (tertiary/aromatic N) is 2. The molecule has 0 fully saturated rings. The third-order valence-corrected chi connectivity index (χ3v) is 4.04. The van der Waals surface area contributed by atoms with Crippen LogP contribution in [0.1, 0.15) is 13.3 Å². The molecule has 7 nitrogen and oxygen atoms in total. The smallest absolute Gasteiger partial charge is 0.426 e. The predicted octanol–water partition coefficient (Wildman–Crippen LogP) is 3.40.